The van der Waals surface area contributed by atoms with E-state index in [1.807, 2.05) is 4.90 Å². The quantitative estimate of drug-likeness (QED) is 0.850. The van der Waals surface area contributed by atoms with Crippen LogP contribution in [0.1, 0.15) is 65.1 Å². The first-order valence-corrected chi connectivity index (χ1v) is 9.33. The van der Waals surface area contributed by atoms with Gasteiger partial charge in [0.05, 0.1) is 12.1 Å². The third-order valence-electron chi connectivity index (χ3n) is 4.88. The summed E-state index contributed by atoms with van der Waals surface area (Å²) in [7, 11) is 0. The summed E-state index contributed by atoms with van der Waals surface area (Å²) in [6.07, 6.45) is 4.66. The van der Waals surface area contributed by atoms with Crippen LogP contribution in [0.15, 0.2) is 5.38 Å². The molecule has 0 radical (unpaired) electrons. The highest BCUT2D eigenvalue weighted by molar-refractivity contribution is 7.10. The minimum atomic E-state index is 0.171. The predicted octanol–water partition coefficient (Wildman–Crippen LogP) is 3.00. The van der Waals surface area contributed by atoms with Gasteiger partial charge in [0.2, 0.25) is 0 Å². The number of rotatable bonds is 2. The minimum absolute atomic E-state index is 0.171. The topological polar surface area (TPSA) is 51.0 Å². The smallest absolute Gasteiger partial charge is 0.255 e. The number of hydrogen-bond acceptors (Lipinski definition) is 4. The van der Waals surface area contributed by atoms with Crippen LogP contribution in [0, 0.1) is 0 Å². The molecule has 1 amide bonds. The second kappa shape index (κ2) is 5.74. The largest absolute Gasteiger partial charge is 0.329 e. The zero-order valence-electron chi connectivity index (χ0n) is 13.7. The van der Waals surface area contributed by atoms with Crippen molar-refractivity contribution in [1.29, 1.82) is 0 Å². The van der Waals surface area contributed by atoms with Gasteiger partial charge in [0, 0.05) is 29.3 Å². The minimum Gasteiger partial charge on any atom is -0.329 e. The molecule has 0 fully saturated rings. The molecule has 0 saturated heterocycles. The van der Waals surface area contributed by atoms with E-state index in [0.717, 1.165) is 43.1 Å². The molecule has 122 valence electrons. The zero-order valence-corrected chi connectivity index (χ0v) is 14.5. The van der Waals surface area contributed by atoms with E-state index in [-0.39, 0.29) is 5.91 Å². The lowest BCUT2D eigenvalue weighted by atomic mass is 9.95. The molecule has 3 heterocycles. The van der Waals surface area contributed by atoms with Crippen molar-refractivity contribution in [1.82, 2.24) is 19.7 Å². The molecular weight excluding hydrogens is 308 g/mol. The maximum Gasteiger partial charge on any atom is 0.255 e. The Hall–Kier alpha value is -1.69. The molecule has 2 aromatic heterocycles. The van der Waals surface area contributed by atoms with E-state index in [0.29, 0.717) is 12.5 Å². The van der Waals surface area contributed by atoms with Crippen LogP contribution in [0.5, 0.6) is 0 Å². The van der Waals surface area contributed by atoms with Gasteiger partial charge in [-0.05, 0) is 31.2 Å². The van der Waals surface area contributed by atoms with E-state index in [9.17, 15) is 4.79 Å². The van der Waals surface area contributed by atoms with Crippen LogP contribution in [-0.2, 0) is 25.9 Å². The van der Waals surface area contributed by atoms with Crippen molar-refractivity contribution < 1.29 is 4.79 Å². The fraction of sp³-hybridized carbons (Fsp3) is 0.588. The van der Waals surface area contributed by atoms with E-state index < -0.39 is 0 Å². The number of fused-ring (bicyclic) bond motifs is 2. The summed E-state index contributed by atoms with van der Waals surface area (Å²) in [4.78, 5) is 16.3. The van der Waals surface area contributed by atoms with Crippen molar-refractivity contribution in [2.24, 2.45) is 0 Å². The Balaban J connectivity index is 1.57. The molecule has 0 spiro atoms. The average Bonchev–Trinajstić information content (AvgIpc) is 3.17. The summed E-state index contributed by atoms with van der Waals surface area (Å²) in [6, 6.07) is 0. The summed E-state index contributed by atoms with van der Waals surface area (Å²) < 4.78 is 2.18. The number of aromatic nitrogens is 3. The fourth-order valence-corrected chi connectivity index (χ4v) is 4.74. The van der Waals surface area contributed by atoms with Crippen LogP contribution >= 0.6 is 11.3 Å². The molecule has 0 bridgehead atoms. The summed E-state index contributed by atoms with van der Waals surface area (Å²) in [5.41, 5.74) is 2.24. The molecule has 6 heteroatoms. The molecular formula is C17H22N4OS. The molecule has 1 aliphatic heterocycles. The first-order chi connectivity index (χ1) is 11.1. The molecule has 5 nitrogen and oxygen atoms in total. The highest BCUT2D eigenvalue weighted by Crippen LogP contribution is 2.31. The first-order valence-electron chi connectivity index (χ1n) is 8.45. The fourth-order valence-electron chi connectivity index (χ4n) is 3.62. The van der Waals surface area contributed by atoms with Crippen LogP contribution in [0.4, 0.5) is 0 Å². The van der Waals surface area contributed by atoms with Crippen LogP contribution < -0.4 is 0 Å². The second-order valence-corrected chi connectivity index (χ2v) is 7.73. The van der Waals surface area contributed by atoms with Crippen molar-refractivity contribution in [2.45, 2.75) is 58.5 Å². The van der Waals surface area contributed by atoms with Gasteiger partial charge in [-0.15, -0.1) is 21.5 Å². The van der Waals surface area contributed by atoms with E-state index >= 15 is 0 Å². The summed E-state index contributed by atoms with van der Waals surface area (Å²) in [6.45, 7) is 6.38. The van der Waals surface area contributed by atoms with Gasteiger partial charge < -0.3 is 9.47 Å². The molecule has 4 rings (SSSR count). The van der Waals surface area contributed by atoms with Crippen molar-refractivity contribution in [3.8, 4) is 0 Å². The maximum atomic E-state index is 13.0. The Kier molecular flexibility index (Phi) is 3.71. The van der Waals surface area contributed by atoms with Gasteiger partial charge in [-0.2, -0.15) is 0 Å². The molecule has 0 N–H and O–H groups in total. The summed E-state index contributed by atoms with van der Waals surface area (Å²) in [5.74, 6) is 2.48. The molecule has 1 aliphatic carbocycles. The molecule has 2 aromatic rings. The normalized spacial score (nSPS) is 17.3. The van der Waals surface area contributed by atoms with Crippen molar-refractivity contribution in [3.05, 3.63) is 33.0 Å². The van der Waals surface area contributed by atoms with E-state index in [1.54, 1.807) is 11.3 Å². The number of hydrogen-bond donors (Lipinski definition) is 0. The number of aryl methyl sites for hydroxylation is 1. The van der Waals surface area contributed by atoms with Gasteiger partial charge in [0.15, 0.2) is 5.82 Å². The standard InChI is InChI=1S/C17H22N4OS/c1-11(2)16-19-18-15-9-20(7-8-21(15)16)17(22)13-10-23-14-6-4-3-5-12(13)14/h10-11H,3-9H2,1-2H3. The molecule has 0 saturated carbocycles. The summed E-state index contributed by atoms with van der Waals surface area (Å²) in [5, 5.41) is 10.7. The predicted molar refractivity (Wildman–Crippen MR) is 89.8 cm³/mol. The second-order valence-electron chi connectivity index (χ2n) is 6.77. The highest BCUT2D eigenvalue weighted by Gasteiger charge is 2.28. The Morgan fingerprint density at radius 3 is 2.87 bits per heavy atom. The SMILES string of the molecule is CC(C)c1nnc2n1CCN(C(=O)c1csc3c1CCCC3)C2. The van der Waals surface area contributed by atoms with Gasteiger partial charge in [-0.1, -0.05) is 13.8 Å². The lowest BCUT2D eigenvalue weighted by molar-refractivity contribution is 0.0705. The number of thiophene rings is 1. The number of carbonyl (C=O) groups excluding carboxylic acids is 1. The molecule has 0 aromatic carbocycles. The molecule has 0 atom stereocenters. The van der Waals surface area contributed by atoms with Gasteiger partial charge in [0.25, 0.3) is 5.91 Å². The molecule has 23 heavy (non-hydrogen) atoms. The van der Waals surface area contributed by atoms with Crippen molar-refractivity contribution in [2.75, 3.05) is 6.54 Å². The van der Waals surface area contributed by atoms with Gasteiger partial charge in [0.1, 0.15) is 5.82 Å². The highest BCUT2D eigenvalue weighted by atomic mass is 32.1. The lowest BCUT2D eigenvalue weighted by Gasteiger charge is -2.28. The van der Waals surface area contributed by atoms with E-state index in [1.165, 1.54) is 23.3 Å². The molecule has 0 unspecified atom stereocenters. The zero-order chi connectivity index (χ0) is 16.0. The van der Waals surface area contributed by atoms with Crippen LogP contribution in [0.3, 0.4) is 0 Å². The average molecular weight is 330 g/mol. The lowest BCUT2D eigenvalue weighted by Crippen LogP contribution is -2.39. The first kappa shape index (κ1) is 14.9. The Morgan fingerprint density at radius 2 is 2.04 bits per heavy atom. The number of carbonyl (C=O) groups is 1. The number of nitrogens with zero attached hydrogens (tertiary/aromatic N) is 4. The monoisotopic (exact) mass is 330 g/mol. The third kappa shape index (κ3) is 2.49. The maximum absolute atomic E-state index is 13.0. The van der Waals surface area contributed by atoms with Gasteiger partial charge in [-0.3, -0.25) is 4.79 Å². The van der Waals surface area contributed by atoms with Crippen LogP contribution in [0.2, 0.25) is 0 Å². The van der Waals surface area contributed by atoms with Crippen LogP contribution in [-0.4, -0.2) is 32.1 Å². The van der Waals surface area contributed by atoms with Gasteiger partial charge in [-0.25, -0.2) is 0 Å². The van der Waals surface area contributed by atoms with Gasteiger partial charge >= 0.3 is 0 Å². The summed E-state index contributed by atoms with van der Waals surface area (Å²) >= 11 is 1.76. The van der Waals surface area contributed by atoms with Crippen LogP contribution in [0.25, 0.3) is 0 Å². The number of amides is 1. The Bertz CT molecular complexity index is 746. The Morgan fingerprint density at radius 1 is 1.22 bits per heavy atom. The van der Waals surface area contributed by atoms with Crippen molar-refractivity contribution in [3.63, 3.8) is 0 Å². The van der Waals surface area contributed by atoms with Crippen molar-refractivity contribution >= 4 is 17.2 Å². The molecule has 2 aliphatic rings. The third-order valence-corrected chi connectivity index (χ3v) is 5.97. The van der Waals surface area contributed by atoms with E-state index in [4.69, 9.17) is 0 Å². The Labute approximate surface area is 140 Å². The van der Waals surface area contributed by atoms with E-state index in [2.05, 4.69) is 34.0 Å².